The van der Waals surface area contributed by atoms with Crippen molar-refractivity contribution in [1.82, 2.24) is 14.8 Å². The van der Waals surface area contributed by atoms with Gasteiger partial charge in [-0.25, -0.2) is 0 Å². The SMILES string of the molecule is Cc1ccc(NC(=O)CSc2nncn2C)c(Br)c1. The van der Waals surface area contributed by atoms with Crippen LogP contribution < -0.4 is 5.32 Å². The van der Waals surface area contributed by atoms with E-state index in [9.17, 15) is 4.79 Å². The Morgan fingerprint density at radius 1 is 1.53 bits per heavy atom. The average Bonchev–Trinajstić information content (AvgIpc) is 2.76. The van der Waals surface area contributed by atoms with Crippen LogP contribution in [0.4, 0.5) is 5.69 Å². The number of rotatable bonds is 4. The highest BCUT2D eigenvalue weighted by atomic mass is 79.9. The third kappa shape index (κ3) is 3.81. The lowest BCUT2D eigenvalue weighted by Crippen LogP contribution is -2.14. The van der Waals surface area contributed by atoms with Crippen LogP contribution in [-0.2, 0) is 11.8 Å². The highest BCUT2D eigenvalue weighted by molar-refractivity contribution is 9.10. The number of carbonyl (C=O) groups excluding carboxylic acids is 1. The van der Waals surface area contributed by atoms with E-state index in [2.05, 4.69) is 31.4 Å². The molecule has 0 aliphatic carbocycles. The molecule has 0 saturated heterocycles. The van der Waals surface area contributed by atoms with Crippen LogP contribution in [-0.4, -0.2) is 26.4 Å². The summed E-state index contributed by atoms with van der Waals surface area (Å²) in [6.07, 6.45) is 1.61. The molecule has 0 bridgehead atoms. The number of thioether (sulfide) groups is 1. The van der Waals surface area contributed by atoms with Crippen LogP contribution in [0.3, 0.4) is 0 Å². The third-order valence-corrected chi connectivity index (χ3v) is 4.09. The zero-order chi connectivity index (χ0) is 13.8. The Morgan fingerprint density at radius 2 is 2.32 bits per heavy atom. The molecule has 1 amide bonds. The molecule has 0 fully saturated rings. The van der Waals surface area contributed by atoms with Crippen LogP contribution >= 0.6 is 27.7 Å². The minimum absolute atomic E-state index is 0.0717. The number of hydrogen-bond acceptors (Lipinski definition) is 4. The van der Waals surface area contributed by atoms with Gasteiger partial charge in [0.05, 0.1) is 11.4 Å². The average molecular weight is 341 g/mol. The molecule has 0 unspecified atom stereocenters. The molecule has 19 heavy (non-hydrogen) atoms. The molecule has 1 heterocycles. The van der Waals surface area contributed by atoms with Gasteiger partial charge in [0.2, 0.25) is 5.91 Å². The lowest BCUT2D eigenvalue weighted by molar-refractivity contribution is -0.113. The molecule has 0 saturated carbocycles. The number of benzene rings is 1. The van der Waals surface area contributed by atoms with Gasteiger partial charge < -0.3 is 9.88 Å². The van der Waals surface area contributed by atoms with Gasteiger partial charge in [-0.15, -0.1) is 10.2 Å². The lowest BCUT2D eigenvalue weighted by atomic mass is 10.2. The molecule has 2 rings (SSSR count). The van der Waals surface area contributed by atoms with Crippen LogP contribution in [0.25, 0.3) is 0 Å². The Kier molecular flexibility index (Phi) is 4.60. The Hall–Kier alpha value is -1.34. The molecule has 2 aromatic rings. The second kappa shape index (κ2) is 6.21. The Labute approximate surface area is 123 Å². The number of carbonyl (C=O) groups is 1. The number of hydrogen-bond donors (Lipinski definition) is 1. The Morgan fingerprint density at radius 3 is 2.95 bits per heavy atom. The second-order valence-corrected chi connectivity index (χ2v) is 5.84. The van der Waals surface area contributed by atoms with E-state index in [4.69, 9.17) is 0 Å². The van der Waals surface area contributed by atoms with Gasteiger partial charge in [0.25, 0.3) is 0 Å². The maximum absolute atomic E-state index is 11.8. The van der Waals surface area contributed by atoms with Crippen LogP contribution in [0.2, 0.25) is 0 Å². The largest absolute Gasteiger partial charge is 0.324 e. The number of nitrogens with zero attached hydrogens (tertiary/aromatic N) is 3. The summed E-state index contributed by atoms with van der Waals surface area (Å²) in [7, 11) is 1.84. The van der Waals surface area contributed by atoms with Crippen molar-refractivity contribution in [2.45, 2.75) is 12.1 Å². The first-order valence-electron chi connectivity index (χ1n) is 5.59. The molecule has 0 spiro atoms. The van der Waals surface area contributed by atoms with E-state index < -0.39 is 0 Å². The molecular weight excluding hydrogens is 328 g/mol. The predicted octanol–water partition coefficient (Wildman–Crippen LogP) is 2.62. The van der Waals surface area contributed by atoms with E-state index in [0.717, 1.165) is 20.9 Å². The summed E-state index contributed by atoms with van der Waals surface area (Å²) < 4.78 is 2.66. The van der Waals surface area contributed by atoms with Crippen molar-refractivity contribution >= 4 is 39.3 Å². The molecule has 0 aliphatic rings. The van der Waals surface area contributed by atoms with Gasteiger partial charge in [-0.05, 0) is 40.5 Å². The monoisotopic (exact) mass is 340 g/mol. The number of amides is 1. The van der Waals surface area contributed by atoms with Crippen molar-refractivity contribution in [3.05, 3.63) is 34.6 Å². The van der Waals surface area contributed by atoms with Crippen molar-refractivity contribution in [3.63, 3.8) is 0 Å². The smallest absolute Gasteiger partial charge is 0.234 e. The van der Waals surface area contributed by atoms with Gasteiger partial charge in [-0.3, -0.25) is 4.79 Å². The minimum Gasteiger partial charge on any atom is -0.324 e. The maximum atomic E-state index is 11.8. The zero-order valence-electron chi connectivity index (χ0n) is 10.6. The van der Waals surface area contributed by atoms with Gasteiger partial charge in [-0.2, -0.15) is 0 Å². The molecule has 1 aromatic carbocycles. The number of aromatic nitrogens is 3. The van der Waals surface area contributed by atoms with Crippen molar-refractivity contribution in [1.29, 1.82) is 0 Å². The van der Waals surface area contributed by atoms with Gasteiger partial charge in [0.15, 0.2) is 5.16 Å². The van der Waals surface area contributed by atoms with Crippen molar-refractivity contribution in [2.75, 3.05) is 11.1 Å². The quantitative estimate of drug-likeness (QED) is 0.869. The highest BCUT2D eigenvalue weighted by Crippen LogP contribution is 2.23. The highest BCUT2D eigenvalue weighted by Gasteiger charge is 2.08. The number of halogens is 1. The van der Waals surface area contributed by atoms with E-state index in [1.165, 1.54) is 11.8 Å². The number of nitrogens with one attached hydrogen (secondary N) is 1. The first-order chi connectivity index (χ1) is 9.06. The second-order valence-electron chi connectivity index (χ2n) is 4.04. The fraction of sp³-hybridized carbons (Fsp3) is 0.250. The third-order valence-electron chi connectivity index (χ3n) is 2.40. The number of anilines is 1. The first-order valence-corrected chi connectivity index (χ1v) is 7.37. The van der Waals surface area contributed by atoms with E-state index in [0.29, 0.717) is 5.75 Å². The summed E-state index contributed by atoms with van der Waals surface area (Å²) in [5.41, 5.74) is 1.91. The molecule has 7 heteroatoms. The fourth-order valence-corrected chi connectivity index (χ4v) is 2.72. The first kappa shape index (κ1) is 14.1. The van der Waals surface area contributed by atoms with E-state index in [-0.39, 0.29) is 5.91 Å². The van der Waals surface area contributed by atoms with Crippen molar-refractivity contribution in [2.24, 2.45) is 7.05 Å². The summed E-state index contributed by atoms with van der Waals surface area (Å²) in [6.45, 7) is 2.00. The number of aryl methyl sites for hydroxylation is 2. The summed E-state index contributed by atoms with van der Waals surface area (Å²) in [6, 6.07) is 5.80. The molecular formula is C12H13BrN4OS. The topological polar surface area (TPSA) is 59.8 Å². The summed E-state index contributed by atoms with van der Waals surface area (Å²) in [4.78, 5) is 11.8. The summed E-state index contributed by atoms with van der Waals surface area (Å²) in [5, 5.41) is 11.2. The Balaban J connectivity index is 1.93. The van der Waals surface area contributed by atoms with E-state index >= 15 is 0 Å². The van der Waals surface area contributed by atoms with Crippen LogP contribution in [0.5, 0.6) is 0 Å². The lowest BCUT2D eigenvalue weighted by Gasteiger charge is -2.07. The van der Waals surface area contributed by atoms with Crippen molar-refractivity contribution in [3.8, 4) is 0 Å². The predicted molar refractivity (Wildman–Crippen MR) is 79.2 cm³/mol. The van der Waals surface area contributed by atoms with E-state index in [1.54, 1.807) is 10.9 Å². The zero-order valence-corrected chi connectivity index (χ0v) is 13.0. The van der Waals surface area contributed by atoms with Crippen LogP contribution in [0, 0.1) is 6.92 Å². The van der Waals surface area contributed by atoms with Gasteiger partial charge in [0, 0.05) is 11.5 Å². The molecule has 0 atom stereocenters. The van der Waals surface area contributed by atoms with Gasteiger partial charge in [0.1, 0.15) is 6.33 Å². The summed E-state index contributed by atoms with van der Waals surface area (Å²) >= 11 is 4.78. The molecule has 100 valence electrons. The van der Waals surface area contributed by atoms with Crippen LogP contribution in [0.15, 0.2) is 34.2 Å². The Bertz CT molecular complexity index is 599. The molecule has 0 radical (unpaired) electrons. The van der Waals surface area contributed by atoms with Crippen LogP contribution in [0.1, 0.15) is 5.56 Å². The summed E-state index contributed by atoms with van der Waals surface area (Å²) in [5.74, 6) is 0.227. The minimum atomic E-state index is -0.0717. The van der Waals surface area contributed by atoms with Gasteiger partial charge in [-0.1, -0.05) is 17.8 Å². The standard InChI is InChI=1S/C12H13BrN4OS/c1-8-3-4-10(9(13)5-8)15-11(18)6-19-12-16-14-7-17(12)2/h3-5,7H,6H2,1-2H3,(H,15,18). The molecule has 5 nitrogen and oxygen atoms in total. The molecule has 1 aromatic heterocycles. The van der Waals surface area contributed by atoms with Crippen molar-refractivity contribution < 1.29 is 4.79 Å². The molecule has 0 aliphatic heterocycles. The van der Waals surface area contributed by atoms with Gasteiger partial charge >= 0.3 is 0 Å². The molecule has 1 N–H and O–H groups in total. The normalized spacial score (nSPS) is 10.5. The maximum Gasteiger partial charge on any atom is 0.234 e. The van der Waals surface area contributed by atoms with E-state index in [1.807, 2.05) is 32.2 Å². The fourth-order valence-electron chi connectivity index (χ4n) is 1.44.